The standard InChI is InChI=1S/C19H22FN3O3/c1-11(13-8-3-4-9-14(13)20)26-16-10-15(23-17(16)19(25)21-2)18(24)22-12-6-5-7-12/h3-4,8-12,23H,5-7H2,1-2H3,(H,21,25)(H,22,24)/t11-/m0/s1. The number of aromatic nitrogens is 1. The Bertz CT molecular complexity index is 814. The summed E-state index contributed by atoms with van der Waals surface area (Å²) in [6, 6.07) is 7.94. The maximum atomic E-state index is 14.0. The third-order valence-corrected chi connectivity index (χ3v) is 4.57. The van der Waals surface area contributed by atoms with Crippen molar-refractivity contribution in [3.63, 3.8) is 0 Å². The van der Waals surface area contributed by atoms with Gasteiger partial charge in [0, 0.05) is 24.7 Å². The Kier molecular flexibility index (Phi) is 5.25. The molecule has 0 saturated heterocycles. The van der Waals surface area contributed by atoms with Gasteiger partial charge in [0.15, 0.2) is 5.75 Å². The highest BCUT2D eigenvalue weighted by Gasteiger charge is 2.25. The predicted molar refractivity (Wildman–Crippen MR) is 94.7 cm³/mol. The highest BCUT2D eigenvalue weighted by molar-refractivity contribution is 5.99. The zero-order valence-corrected chi connectivity index (χ0v) is 14.8. The van der Waals surface area contributed by atoms with Gasteiger partial charge in [-0.15, -0.1) is 0 Å². The number of nitrogens with one attached hydrogen (secondary N) is 3. The highest BCUT2D eigenvalue weighted by Crippen LogP contribution is 2.28. The molecule has 3 rings (SSSR count). The molecule has 0 bridgehead atoms. The molecule has 6 nitrogen and oxygen atoms in total. The van der Waals surface area contributed by atoms with Gasteiger partial charge < -0.3 is 20.4 Å². The van der Waals surface area contributed by atoms with E-state index in [1.165, 1.54) is 19.2 Å². The first-order valence-electron chi connectivity index (χ1n) is 8.66. The van der Waals surface area contributed by atoms with E-state index in [1.54, 1.807) is 25.1 Å². The highest BCUT2D eigenvalue weighted by atomic mass is 19.1. The van der Waals surface area contributed by atoms with Crippen molar-refractivity contribution in [2.24, 2.45) is 0 Å². The van der Waals surface area contributed by atoms with Crippen LogP contribution in [0.25, 0.3) is 0 Å². The summed E-state index contributed by atoms with van der Waals surface area (Å²) in [5.74, 6) is -0.879. The lowest BCUT2D eigenvalue weighted by molar-refractivity contribution is 0.0912. The molecular weight excluding hydrogens is 337 g/mol. The van der Waals surface area contributed by atoms with Gasteiger partial charge >= 0.3 is 0 Å². The van der Waals surface area contributed by atoms with Crippen LogP contribution in [-0.2, 0) is 0 Å². The van der Waals surface area contributed by atoms with Gasteiger partial charge in [-0.05, 0) is 32.3 Å². The Hall–Kier alpha value is -2.83. The van der Waals surface area contributed by atoms with E-state index in [2.05, 4.69) is 15.6 Å². The van der Waals surface area contributed by atoms with E-state index in [1.807, 2.05) is 0 Å². The van der Waals surface area contributed by atoms with Crippen LogP contribution in [0.15, 0.2) is 30.3 Å². The minimum absolute atomic E-state index is 0.134. The van der Waals surface area contributed by atoms with Crippen LogP contribution in [0, 0.1) is 5.82 Å². The van der Waals surface area contributed by atoms with Crippen molar-refractivity contribution in [2.45, 2.75) is 38.3 Å². The van der Waals surface area contributed by atoms with Gasteiger partial charge in [-0.2, -0.15) is 0 Å². The molecule has 1 heterocycles. The molecule has 26 heavy (non-hydrogen) atoms. The first-order valence-corrected chi connectivity index (χ1v) is 8.66. The molecule has 0 spiro atoms. The number of ether oxygens (including phenoxy) is 1. The molecule has 1 aliphatic carbocycles. The van der Waals surface area contributed by atoms with Gasteiger partial charge in [-0.3, -0.25) is 9.59 Å². The SMILES string of the molecule is CNC(=O)c1[nH]c(C(=O)NC2CCC2)cc1O[C@@H](C)c1ccccc1F. The van der Waals surface area contributed by atoms with Crippen molar-refractivity contribution in [3.05, 3.63) is 53.1 Å². The summed E-state index contributed by atoms with van der Waals surface area (Å²) < 4.78 is 19.8. The molecule has 1 aromatic heterocycles. The molecular formula is C19H22FN3O3. The maximum absolute atomic E-state index is 14.0. The van der Waals surface area contributed by atoms with Crippen molar-refractivity contribution in [2.75, 3.05) is 7.05 Å². The lowest BCUT2D eigenvalue weighted by Crippen LogP contribution is -2.39. The summed E-state index contributed by atoms with van der Waals surface area (Å²) in [6.07, 6.45) is 2.40. The third kappa shape index (κ3) is 3.71. The Morgan fingerprint density at radius 2 is 2.00 bits per heavy atom. The number of hydrogen-bond acceptors (Lipinski definition) is 3. The van der Waals surface area contributed by atoms with Crippen molar-refractivity contribution in [3.8, 4) is 5.75 Å². The fourth-order valence-corrected chi connectivity index (χ4v) is 2.82. The average molecular weight is 359 g/mol. The Morgan fingerprint density at radius 1 is 1.27 bits per heavy atom. The van der Waals surface area contributed by atoms with Crippen LogP contribution >= 0.6 is 0 Å². The molecule has 0 radical (unpaired) electrons. The topological polar surface area (TPSA) is 83.2 Å². The molecule has 1 aliphatic rings. The smallest absolute Gasteiger partial charge is 0.271 e. The number of carbonyl (C=O) groups excluding carboxylic acids is 2. The van der Waals surface area contributed by atoms with Crippen molar-refractivity contribution >= 4 is 11.8 Å². The molecule has 0 unspecified atom stereocenters. The van der Waals surface area contributed by atoms with E-state index in [0.717, 1.165) is 19.3 Å². The zero-order valence-electron chi connectivity index (χ0n) is 14.8. The molecule has 0 aliphatic heterocycles. The normalized spacial score (nSPS) is 15.0. The van der Waals surface area contributed by atoms with Gasteiger partial charge in [0.05, 0.1) is 0 Å². The number of halogens is 1. The van der Waals surface area contributed by atoms with Crippen LogP contribution in [0.2, 0.25) is 0 Å². The summed E-state index contributed by atoms with van der Waals surface area (Å²) in [5, 5.41) is 5.41. The third-order valence-electron chi connectivity index (χ3n) is 4.57. The molecule has 2 aromatic rings. The van der Waals surface area contributed by atoms with Crippen LogP contribution in [0.3, 0.4) is 0 Å². The number of H-pyrrole nitrogens is 1. The second-order valence-electron chi connectivity index (χ2n) is 6.38. The minimum Gasteiger partial charge on any atom is -0.483 e. The van der Waals surface area contributed by atoms with Crippen LogP contribution in [0.1, 0.15) is 58.8 Å². The minimum atomic E-state index is -0.627. The van der Waals surface area contributed by atoms with Crippen LogP contribution in [-0.4, -0.2) is 29.9 Å². The number of amides is 2. The summed E-state index contributed by atoms with van der Waals surface area (Å²) in [5.41, 5.74) is 0.748. The van der Waals surface area contributed by atoms with Gasteiger partial charge in [-0.1, -0.05) is 18.2 Å². The fraction of sp³-hybridized carbons (Fsp3) is 0.368. The molecule has 1 aromatic carbocycles. The Morgan fingerprint density at radius 3 is 2.62 bits per heavy atom. The number of benzene rings is 1. The van der Waals surface area contributed by atoms with Crippen molar-refractivity contribution < 1.29 is 18.7 Å². The van der Waals surface area contributed by atoms with E-state index in [9.17, 15) is 14.0 Å². The molecule has 138 valence electrons. The monoisotopic (exact) mass is 359 g/mol. The van der Waals surface area contributed by atoms with E-state index in [0.29, 0.717) is 5.56 Å². The lowest BCUT2D eigenvalue weighted by Gasteiger charge is -2.25. The number of aromatic amines is 1. The molecule has 3 N–H and O–H groups in total. The molecule has 2 amide bonds. The summed E-state index contributed by atoms with van der Waals surface area (Å²) in [4.78, 5) is 27.3. The molecule has 1 fully saturated rings. The molecule has 1 saturated carbocycles. The van der Waals surface area contributed by atoms with E-state index in [-0.39, 0.29) is 34.9 Å². The fourth-order valence-electron chi connectivity index (χ4n) is 2.82. The molecule has 1 atom stereocenters. The predicted octanol–water partition coefficient (Wildman–Crippen LogP) is 2.94. The first-order chi connectivity index (χ1) is 12.5. The van der Waals surface area contributed by atoms with Gasteiger partial charge in [-0.25, -0.2) is 4.39 Å². The number of hydrogen-bond donors (Lipinski definition) is 3. The van der Waals surface area contributed by atoms with Crippen molar-refractivity contribution in [1.29, 1.82) is 0 Å². The Balaban J connectivity index is 1.83. The summed E-state index contributed by atoms with van der Waals surface area (Å²) in [6.45, 7) is 1.69. The van der Waals surface area contributed by atoms with E-state index >= 15 is 0 Å². The average Bonchev–Trinajstić information content (AvgIpc) is 3.01. The van der Waals surface area contributed by atoms with Crippen LogP contribution in [0.5, 0.6) is 5.75 Å². The molecule has 7 heteroatoms. The second kappa shape index (κ2) is 7.59. The van der Waals surface area contributed by atoms with E-state index < -0.39 is 12.0 Å². The quantitative estimate of drug-likeness (QED) is 0.741. The van der Waals surface area contributed by atoms with Crippen LogP contribution in [0.4, 0.5) is 4.39 Å². The second-order valence-corrected chi connectivity index (χ2v) is 6.38. The van der Waals surface area contributed by atoms with Gasteiger partial charge in [0.1, 0.15) is 23.3 Å². The van der Waals surface area contributed by atoms with E-state index in [4.69, 9.17) is 4.74 Å². The number of carbonyl (C=O) groups is 2. The van der Waals surface area contributed by atoms with Crippen molar-refractivity contribution in [1.82, 2.24) is 15.6 Å². The van der Waals surface area contributed by atoms with Gasteiger partial charge in [0.25, 0.3) is 11.8 Å². The zero-order chi connectivity index (χ0) is 18.7. The first kappa shape index (κ1) is 18.0. The lowest BCUT2D eigenvalue weighted by atomic mass is 9.93. The maximum Gasteiger partial charge on any atom is 0.271 e. The largest absolute Gasteiger partial charge is 0.483 e. The number of rotatable bonds is 6. The summed E-state index contributed by atoms with van der Waals surface area (Å²) in [7, 11) is 1.49. The Labute approximate surface area is 151 Å². The van der Waals surface area contributed by atoms with Gasteiger partial charge in [0.2, 0.25) is 0 Å². The summed E-state index contributed by atoms with van der Waals surface area (Å²) >= 11 is 0. The van der Waals surface area contributed by atoms with Crippen LogP contribution < -0.4 is 15.4 Å².